The van der Waals surface area contributed by atoms with Crippen LogP contribution in [0.3, 0.4) is 0 Å². The van der Waals surface area contributed by atoms with Gasteiger partial charge in [-0.25, -0.2) is 9.97 Å². The average molecular weight is 247 g/mol. The molecule has 6 nitrogen and oxygen atoms in total. The Bertz CT molecular complexity index is 471. The summed E-state index contributed by atoms with van der Waals surface area (Å²) in [5.41, 5.74) is 0. The lowest BCUT2D eigenvalue weighted by molar-refractivity contribution is 0.290. The third kappa shape index (κ3) is 3.21. The van der Waals surface area contributed by atoms with E-state index in [1.54, 1.807) is 0 Å². The predicted octanol–water partition coefficient (Wildman–Crippen LogP) is 1.37. The van der Waals surface area contributed by atoms with Gasteiger partial charge in [0.2, 0.25) is 0 Å². The van der Waals surface area contributed by atoms with Crippen molar-refractivity contribution in [3.63, 3.8) is 0 Å². The summed E-state index contributed by atoms with van der Waals surface area (Å²) in [4.78, 5) is 13.4. The average Bonchev–Trinajstić information content (AvgIpc) is 2.89. The highest BCUT2D eigenvalue weighted by Crippen LogP contribution is 2.16. The van der Waals surface area contributed by atoms with Crippen LogP contribution in [0.15, 0.2) is 30.7 Å². The number of rotatable bonds is 6. The van der Waals surface area contributed by atoms with Crippen LogP contribution in [0.5, 0.6) is 0 Å². The molecule has 0 radical (unpaired) electrons. The van der Waals surface area contributed by atoms with Gasteiger partial charge in [0.15, 0.2) is 0 Å². The van der Waals surface area contributed by atoms with E-state index in [9.17, 15) is 0 Å². The van der Waals surface area contributed by atoms with Gasteiger partial charge >= 0.3 is 0 Å². The second-order valence-electron chi connectivity index (χ2n) is 3.97. The molecule has 0 aromatic carbocycles. The molecular formula is C12H17N5O. The first-order chi connectivity index (χ1) is 8.79. The van der Waals surface area contributed by atoms with Gasteiger partial charge in [0.1, 0.15) is 23.8 Å². The number of anilines is 3. The van der Waals surface area contributed by atoms with Crippen molar-refractivity contribution < 1.29 is 5.11 Å². The predicted molar refractivity (Wildman–Crippen MR) is 71.1 cm³/mol. The Balaban J connectivity index is 2.05. The Morgan fingerprint density at radius 1 is 1.44 bits per heavy atom. The van der Waals surface area contributed by atoms with Crippen molar-refractivity contribution in [3.05, 3.63) is 30.7 Å². The molecule has 18 heavy (non-hydrogen) atoms. The largest absolute Gasteiger partial charge is 0.396 e. The van der Waals surface area contributed by atoms with Crippen LogP contribution in [0.4, 0.5) is 17.5 Å². The normalized spacial score (nSPS) is 10.3. The fraction of sp³-hybridized carbons (Fsp3) is 0.333. The lowest BCUT2D eigenvalue weighted by atomic mass is 10.4. The molecule has 0 saturated heterocycles. The Morgan fingerprint density at radius 3 is 3.06 bits per heavy atom. The van der Waals surface area contributed by atoms with Gasteiger partial charge in [-0.1, -0.05) is 0 Å². The molecule has 2 aromatic heterocycles. The maximum Gasteiger partial charge on any atom is 0.136 e. The number of nitrogens with zero attached hydrogens (tertiary/aromatic N) is 3. The molecule has 0 spiro atoms. The number of aromatic nitrogens is 3. The van der Waals surface area contributed by atoms with Crippen LogP contribution in [0, 0.1) is 0 Å². The number of aliphatic hydroxyl groups excluding tert-OH is 1. The van der Waals surface area contributed by atoms with Crippen LogP contribution in [0.25, 0.3) is 0 Å². The monoisotopic (exact) mass is 247 g/mol. The van der Waals surface area contributed by atoms with Gasteiger partial charge in [-0.15, -0.1) is 0 Å². The van der Waals surface area contributed by atoms with Crippen molar-refractivity contribution in [1.29, 1.82) is 0 Å². The van der Waals surface area contributed by atoms with E-state index < -0.39 is 0 Å². The molecular weight excluding hydrogens is 230 g/mol. The first-order valence-electron chi connectivity index (χ1n) is 5.84. The highest BCUT2D eigenvalue weighted by molar-refractivity contribution is 5.56. The lowest BCUT2D eigenvalue weighted by Crippen LogP contribution is -2.20. The van der Waals surface area contributed by atoms with Gasteiger partial charge in [0.25, 0.3) is 0 Å². The summed E-state index contributed by atoms with van der Waals surface area (Å²) in [7, 11) is 1.94. The Labute approximate surface area is 106 Å². The quantitative estimate of drug-likeness (QED) is 0.718. The molecule has 3 N–H and O–H groups in total. The van der Waals surface area contributed by atoms with E-state index in [1.807, 2.05) is 36.3 Å². The first kappa shape index (κ1) is 12.4. The van der Waals surface area contributed by atoms with Crippen LogP contribution in [0.1, 0.15) is 6.42 Å². The van der Waals surface area contributed by atoms with Crippen molar-refractivity contribution in [2.75, 3.05) is 30.4 Å². The molecule has 0 aliphatic heterocycles. The minimum atomic E-state index is 0.184. The summed E-state index contributed by atoms with van der Waals surface area (Å²) in [6.45, 7) is 0.943. The smallest absolute Gasteiger partial charge is 0.136 e. The molecule has 96 valence electrons. The number of aliphatic hydroxyl groups is 1. The maximum atomic E-state index is 8.81. The van der Waals surface area contributed by atoms with Crippen LogP contribution in [-0.2, 0) is 0 Å². The zero-order chi connectivity index (χ0) is 12.8. The summed E-state index contributed by atoms with van der Waals surface area (Å²) >= 11 is 0. The minimum Gasteiger partial charge on any atom is -0.396 e. The Hall–Kier alpha value is -2.08. The van der Waals surface area contributed by atoms with Gasteiger partial charge in [0, 0.05) is 32.5 Å². The number of hydrogen-bond acceptors (Lipinski definition) is 5. The molecule has 0 aliphatic carbocycles. The lowest BCUT2D eigenvalue weighted by Gasteiger charge is -2.17. The van der Waals surface area contributed by atoms with Crippen molar-refractivity contribution in [2.45, 2.75) is 6.42 Å². The minimum absolute atomic E-state index is 0.184. The zero-order valence-corrected chi connectivity index (χ0v) is 10.3. The maximum absolute atomic E-state index is 8.81. The third-order valence-corrected chi connectivity index (χ3v) is 2.56. The van der Waals surface area contributed by atoms with Crippen LogP contribution in [-0.4, -0.2) is 40.3 Å². The van der Waals surface area contributed by atoms with E-state index in [1.165, 1.54) is 6.33 Å². The van der Waals surface area contributed by atoms with Crippen LogP contribution < -0.4 is 10.2 Å². The second-order valence-corrected chi connectivity index (χ2v) is 3.97. The van der Waals surface area contributed by atoms with E-state index in [0.29, 0.717) is 0 Å². The van der Waals surface area contributed by atoms with Crippen molar-refractivity contribution in [1.82, 2.24) is 15.0 Å². The van der Waals surface area contributed by atoms with Gasteiger partial charge < -0.3 is 20.3 Å². The highest BCUT2D eigenvalue weighted by Gasteiger charge is 2.04. The molecule has 0 bridgehead atoms. The third-order valence-electron chi connectivity index (χ3n) is 2.56. The van der Waals surface area contributed by atoms with Gasteiger partial charge in [-0.3, -0.25) is 0 Å². The second kappa shape index (κ2) is 6.02. The molecule has 2 rings (SSSR count). The summed E-state index contributed by atoms with van der Waals surface area (Å²) in [5, 5.41) is 12.0. The molecule has 0 saturated carbocycles. The van der Waals surface area contributed by atoms with Crippen LogP contribution in [0.2, 0.25) is 0 Å². The van der Waals surface area contributed by atoms with Crippen LogP contribution >= 0.6 is 0 Å². The molecule has 0 fully saturated rings. The number of nitrogens with one attached hydrogen (secondary N) is 2. The SMILES string of the molecule is CN(CCCO)c1cc(Nc2ccc[nH]2)ncn1. The van der Waals surface area contributed by atoms with Crippen molar-refractivity contribution in [3.8, 4) is 0 Å². The molecule has 2 aromatic rings. The van der Waals surface area contributed by atoms with E-state index in [4.69, 9.17) is 5.11 Å². The van der Waals surface area contributed by atoms with E-state index in [2.05, 4.69) is 20.3 Å². The first-order valence-corrected chi connectivity index (χ1v) is 5.84. The highest BCUT2D eigenvalue weighted by atomic mass is 16.3. The Morgan fingerprint density at radius 2 is 2.33 bits per heavy atom. The molecule has 0 unspecified atom stereocenters. The van der Waals surface area contributed by atoms with Gasteiger partial charge in [0.05, 0.1) is 0 Å². The van der Waals surface area contributed by atoms with E-state index in [0.717, 1.165) is 30.4 Å². The number of hydrogen-bond donors (Lipinski definition) is 3. The molecule has 6 heteroatoms. The molecule has 2 heterocycles. The van der Waals surface area contributed by atoms with Gasteiger partial charge in [-0.2, -0.15) is 0 Å². The number of aromatic amines is 1. The van der Waals surface area contributed by atoms with Gasteiger partial charge in [-0.05, 0) is 18.6 Å². The van der Waals surface area contributed by atoms with E-state index >= 15 is 0 Å². The summed E-state index contributed by atoms with van der Waals surface area (Å²) in [6.07, 6.45) is 4.09. The topological polar surface area (TPSA) is 77.1 Å². The summed E-state index contributed by atoms with van der Waals surface area (Å²) in [6, 6.07) is 5.72. The Kier molecular flexibility index (Phi) is 4.14. The fourth-order valence-electron chi connectivity index (χ4n) is 1.59. The summed E-state index contributed by atoms with van der Waals surface area (Å²) in [5.74, 6) is 2.45. The standard InChI is InChI=1S/C12H17N5O/c1-17(6-3-7-18)12-8-11(14-9-15-12)16-10-4-2-5-13-10/h2,4-5,8-9,13,18H,3,6-7H2,1H3,(H,14,15,16). The zero-order valence-electron chi connectivity index (χ0n) is 10.3. The summed E-state index contributed by atoms with van der Waals surface area (Å²) < 4.78 is 0. The van der Waals surface area contributed by atoms with Crippen molar-refractivity contribution in [2.24, 2.45) is 0 Å². The molecule has 0 atom stereocenters. The molecule has 0 amide bonds. The fourth-order valence-corrected chi connectivity index (χ4v) is 1.59. The van der Waals surface area contributed by atoms with Crippen molar-refractivity contribution >= 4 is 17.5 Å². The molecule has 0 aliphatic rings. The van der Waals surface area contributed by atoms with E-state index in [-0.39, 0.29) is 6.61 Å². The number of H-pyrrole nitrogens is 1.